The summed E-state index contributed by atoms with van der Waals surface area (Å²) in [6.07, 6.45) is 2.67. The van der Waals surface area contributed by atoms with E-state index in [-0.39, 0.29) is 13.0 Å². The molecule has 1 amide bonds. The van der Waals surface area contributed by atoms with Crippen molar-refractivity contribution < 1.29 is 19.1 Å². The van der Waals surface area contributed by atoms with Crippen LogP contribution < -0.4 is 0 Å². The molecular weight excluding hydrogens is 291 g/mol. The number of rotatable bonds is 3. The molecule has 2 aromatic rings. The lowest BCUT2D eigenvalue weighted by molar-refractivity contribution is -0.149. The van der Waals surface area contributed by atoms with Gasteiger partial charge in [0, 0.05) is 18.5 Å². The van der Waals surface area contributed by atoms with Gasteiger partial charge in [0.1, 0.15) is 12.7 Å². The van der Waals surface area contributed by atoms with Crippen molar-refractivity contribution in [1.29, 1.82) is 0 Å². The van der Waals surface area contributed by atoms with E-state index in [1.54, 1.807) is 24.3 Å². The number of aromatic nitrogens is 3. The Bertz CT molecular complexity index is 719. The lowest BCUT2D eigenvalue weighted by Gasteiger charge is -2.18. The molecule has 1 aliphatic rings. The number of carboxylic acids is 1. The van der Waals surface area contributed by atoms with Crippen LogP contribution in [0.5, 0.6) is 0 Å². The molecule has 0 spiro atoms. The Morgan fingerprint density at radius 2 is 2.18 bits per heavy atom. The number of halogens is 1. The minimum absolute atomic E-state index is 0.0786. The first-order valence-electron chi connectivity index (χ1n) is 6.66. The molecule has 0 radical (unpaired) electrons. The number of amides is 1. The molecule has 22 heavy (non-hydrogen) atoms. The lowest BCUT2D eigenvalue weighted by atomic mass is 10.1. The number of benzene rings is 1. The summed E-state index contributed by atoms with van der Waals surface area (Å²) in [6, 6.07) is 6.64. The first kappa shape index (κ1) is 14.2. The van der Waals surface area contributed by atoms with Gasteiger partial charge in [0.2, 0.25) is 5.67 Å². The highest BCUT2D eigenvalue weighted by Gasteiger charge is 2.46. The van der Waals surface area contributed by atoms with Gasteiger partial charge >= 0.3 is 5.97 Å². The van der Waals surface area contributed by atoms with E-state index in [1.807, 2.05) is 0 Å². The van der Waals surface area contributed by atoms with Crippen LogP contribution in [0.2, 0.25) is 0 Å². The number of alkyl halides is 1. The fourth-order valence-electron chi connectivity index (χ4n) is 2.43. The SMILES string of the molecule is O=C(c1cccc(-n2cncn2)c1)N1CCC(F)(C(=O)O)C1. The fourth-order valence-corrected chi connectivity index (χ4v) is 2.43. The van der Waals surface area contributed by atoms with Gasteiger partial charge in [-0.15, -0.1) is 0 Å². The summed E-state index contributed by atoms with van der Waals surface area (Å²) < 4.78 is 15.5. The molecule has 1 saturated heterocycles. The van der Waals surface area contributed by atoms with E-state index in [0.29, 0.717) is 11.3 Å². The van der Waals surface area contributed by atoms with Crippen LogP contribution in [0, 0.1) is 0 Å². The Labute approximate surface area is 125 Å². The summed E-state index contributed by atoms with van der Waals surface area (Å²) in [4.78, 5) is 28.4. The molecule has 2 heterocycles. The molecule has 114 valence electrons. The monoisotopic (exact) mass is 304 g/mol. The number of likely N-dealkylation sites (tertiary alicyclic amines) is 1. The Hall–Kier alpha value is -2.77. The van der Waals surface area contributed by atoms with Gasteiger partial charge in [-0.05, 0) is 18.2 Å². The number of hydrogen-bond acceptors (Lipinski definition) is 4. The first-order valence-corrected chi connectivity index (χ1v) is 6.66. The van der Waals surface area contributed by atoms with Crippen LogP contribution in [-0.2, 0) is 4.79 Å². The largest absolute Gasteiger partial charge is 0.479 e. The molecule has 1 aromatic heterocycles. The van der Waals surface area contributed by atoms with Crippen LogP contribution >= 0.6 is 0 Å². The van der Waals surface area contributed by atoms with Gasteiger partial charge in [0.15, 0.2) is 0 Å². The van der Waals surface area contributed by atoms with Gasteiger partial charge < -0.3 is 10.0 Å². The third-order valence-corrected chi connectivity index (χ3v) is 3.67. The number of carboxylic acid groups (broad SMARTS) is 1. The van der Waals surface area contributed by atoms with E-state index in [2.05, 4.69) is 10.1 Å². The minimum Gasteiger partial charge on any atom is -0.479 e. The van der Waals surface area contributed by atoms with Gasteiger partial charge in [-0.25, -0.2) is 18.9 Å². The predicted octanol–water partition coefficient (Wildman–Crippen LogP) is 0.906. The Balaban J connectivity index is 1.82. The molecule has 7 nitrogen and oxygen atoms in total. The van der Waals surface area contributed by atoms with E-state index in [9.17, 15) is 14.0 Å². The highest BCUT2D eigenvalue weighted by Crippen LogP contribution is 2.27. The number of hydrogen-bond donors (Lipinski definition) is 1. The quantitative estimate of drug-likeness (QED) is 0.910. The molecule has 1 unspecified atom stereocenters. The molecule has 1 fully saturated rings. The summed E-state index contributed by atoms with van der Waals surface area (Å²) >= 11 is 0. The molecular formula is C14H13FN4O3. The molecule has 0 bridgehead atoms. The van der Waals surface area contributed by atoms with Crippen LogP contribution in [0.4, 0.5) is 4.39 Å². The van der Waals surface area contributed by atoms with Crippen molar-refractivity contribution in [2.45, 2.75) is 12.1 Å². The summed E-state index contributed by atoms with van der Waals surface area (Å²) in [5.41, 5.74) is -1.37. The maximum atomic E-state index is 14.0. The normalized spacial score (nSPS) is 21.0. The molecule has 1 N–H and O–H groups in total. The average molecular weight is 304 g/mol. The number of carbonyl (C=O) groups excluding carboxylic acids is 1. The van der Waals surface area contributed by atoms with E-state index in [1.165, 1.54) is 22.2 Å². The topological polar surface area (TPSA) is 88.3 Å². The van der Waals surface area contributed by atoms with Crippen LogP contribution in [0.15, 0.2) is 36.9 Å². The van der Waals surface area contributed by atoms with Gasteiger partial charge in [-0.3, -0.25) is 4.79 Å². The maximum Gasteiger partial charge on any atom is 0.343 e. The van der Waals surface area contributed by atoms with Crippen molar-refractivity contribution in [2.24, 2.45) is 0 Å². The van der Waals surface area contributed by atoms with Gasteiger partial charge in [-0.1, -0.05) is 6.07 Å². The van der Waals surface area contributed by atoms with E-state index >= 15 is 0 Å². The average Bonchev–Trinajstić information content (AvgIpc) is 3.17. The summed E-state index contributed by atoms with van der Waals surface area (Å²) in [5.74, 6) is -1.93. The highest BCUT2D eigenvalue weighted by molar-refractivity contribution is 5.95. The van der Waals surface area contributed by atoms with Gasteiger partial charge in [0.05, 0.1) is 12.2 Å². The van der Waals surface area contributed by atoms with E-state index < -0.39 is 24.1 Å². The van der Waals surface area contributed by atoms with Crippen LogP contribution in [0.1, 0.15) is 16.8 Å². The van der Waals surface area contributed by atoms with Gasteiger partial charge in [-0.2, -0.15) is 5.10 Å². The zero-order valence-corrected chi connectivity index (χ0v) is 11.5. The summed E-state index contributed by atoms with van der Waals surface area (Å²) in [7, 11) is 0. The zero-order chi connectivity index (χ0) is 15.7. The Morgan fingerprint density at radius 1 is 1.36 bits per heavy atom. The van der Waals surface area contributed by atoms with Crippen molar-refractivity contribution >= 4 is 11.9 Å². The maximum absolute atomic E-state index is 14.0. The van der Waals surface area contributed by atoms with Crippen molar-refractivity contribution in [1.82, 2.24) is 19.7 Å². The lowest BCUT2D eigenvalue weighted by Crippen LogP contribution is -2.38. The third-order valence-electron chi connectivity index (χ3n) is 3.67. The third kappa shape index (κ3) is 2.43. The van der Waals surface area contributed by atoms with E-state index in [0.717, 1.165) is 0 Å². The Kier molecular flexibility index (Phi) is 3.36. The van der Waals surface area contributed by atoms with Crippen molar-refractivity contribution in [3.8, 4) is 5.69 Å². The second kappa shape index (κ2) is 5.21. The van der Waals surface area contributed by atoms with Crippen molar-refractivity contribution in [2.75, 3.05) is 13.1 Å². The molecule has 8 heteroatoms. The molecule has 1 aliphatic heterocycles. The van der Waals surface area contributed by atoms with Crippen LogP contribution in [0.25, 0.3) is 5.69 Å². The number of aliphatic carboxylic acids is 1. The standard InChI is InChI=1S/C14H13FN4O3/c15-14(13(21)22)4-5-18(7-14)12(20)10-2-1-3-11(6-10)19-9-16-8-17-19/h1-3,6,8-9H,4-5,7H2,(H,21,22). The second-order valence-corrected chi connectivity index (χ2v) is 5.14. The van der Waals surface area contributed by atoms with Crippen LogP contribution in [0.3, 0.4) is 0 Å². The first-order chi connectivity index (χ1) is 10.5. The molecule has 1 aromatic carbocycles. The van der Waals surface area contributed by atoms with Crippen molar-refractivity contribution in [3.63, 3.8) is 0 Å². The van der Waals surface area contributed by atoms with Crippen molar-refractivity contribution in [3.05, 3.63) is 42.5 Å². The predicted molar refractivity (Wildman–Crippen MR) is 73.4 cm³/mol. The van der Waals surface area contributed by atoms with E-state index in [4.69, 9.17) is 5.11 Å². The zero-order valence-electron chi connectivity index (χ0n) is 11.5. The highest BCUT2D eigenvalue weighted by atomic mass is 19.1. The smallest absolute Gasteiger partial charge is 0.343 e. The number of carbonyl (C=O) groups is 2. The molecule has 3 rings (SSSR count). The summed E-state index contributed by atoms with van der Waals surface area (Å²) in [5, 5.41) is 12.9. The molecule has 0 saturated carbocycles. The molecule has 0 aliphatic carbocycles. The van der Waals surface area contributed by atoms with Crippen LogP contribution in [-0.4, -0.2) is 55.4 Å². The molecule has 1 atom stereocenters. The number of nitrogens with zero attached hydrogens (tertiary/aromatic N) is 4. The second-order valence-electron chi connectivity index (χ2n) is 5.14. The summed E-state index contributed by atoms with van der Waals surface area (Å²) in [6.45, 7) is -0.357. The minimum atomic E-state index is -2.36. The Morgan fingerprint density at radius 3 is 2.82 bits per heavy atom. The fraction of sp³-hybridized carbons (Fsp3) is 0.286. The van der Waals surface area contributed by atoms with Gasteiger partial charge in [0.25, 0.3) is 5.91 Å².